The summed E-state index contributed by atoms with van der Waals surface area (Å²) >= 11 is 1.47. The summed E-state index contributed by atoms with van der Waals surface area (Å²) < 4.78 is 7.39. The van der Waals surface area contributed by atoms with Crippen LogP contribution in [-0.2, 0) is 0 Å². The molecular formula is C17H19N5O2S. The number of pyridine rings is 1. The van der Waals surface area contributed by atoms with Crippen molar-refractivity contribution >= 4 is 22.8 Å². The molecule has 0 unspecified atom stereocenters. The molecule has 3 aromatic heterocycles. The van der Waals surface area contributed by atoms with Crippen LogP contribution >= 0.6 is 11.8 Å². The lowest BCUT2D eigenvalue weighted by Gasteiger charge is -2.19. The molecule has 0 N–H and O–H groups in total. The summed E-state index contributed by atoms with van der Waals surface area (Å²) in [4.78, 5) is 22.4. The molecule has 0 bridgehead atoms. The summed E-state index contributed by atoms with van der Waals surface area (Å²) in [6, 6.07) is 0.156. The first-order chi connectivity index (χ1) is 12.1. The molecule has 8 heteroatoms. The quantitative estimate of drug-likeness (QED) is 0.525. The van der Waals surface area contributed by atoms with Crippen LogP contribution in [-0.4, -0.2) is 31.0 Å². The van der Waals surface area contributed by atoms with Crippen LogP contribution < -0.4 is 5.56 Å². The van der Waals surface area contributed by atoms with E-state index in [1.165, 1.54) is 11.8 Å². The second kappa shape index (κ2) is 6.25. The molecule has 0 spiro atoms. The summed E-state index contributed by atoms with van der Waals surface area (Å²) in [6.45, 7) is 3.61. The molecule has 0 saturated heterocycles. The summed E-state index contributed by atoms with van der Waals surface area (Å²) in [5.41, 5.74) is 1.84. The first-order valence-corrected chi connectivity index (χ1v) is 9.59. The fraction of sp³-hybridized carbons (Fsp3) is 0.471. The standard InChI is InChI=1S/C17H19N5O2S/c1-9-12-8-18-17(25-3)19-14(12)22(11-6-4-5-7-11)16(23)13(9)15-21-20-10(2)24-15/h8,11H,4-7H2,1-3H3. The van der Waals surface area contributed by atoms with E-state index in [0.717, 1.165) is 36.6 Å². The first-order valence-electron chi connectivity index (χ1n) is 8.36. The number of aryl methyl sites for hydroxylation is 2. The highest BCUT2D eigenvalue weighted by Crippen LogP contribution is 2.33. The molecule has 1 saturated carbocycles. The van der Waals surface area contributed by atoms with Crippen LogP contribution in [0.5, 0.6) is 0 Å². The molecule has 0 aromatic carbocycles. The largest absolute Gasteiger partial charge is 0.421 e. The van der Waals surface area contributed by atoms with Gasteiger partial charge >= 0.3 is 0 Å². The molecule has 3 aromatic rings. The normalized spacial score (nSPS) is 15.3. The van der Waals surface area contributed by atoms with E-state index in [1.54, 1.807) is 13.1 Å². The topological polar surface area (TPSA) is 86.7 Å². The lowest BCUT2D eigenvalue weighted by molar-refractivity contribution is 0.508. The zero-order valence-corrected chi connectivity index (χ0v) is 15.3. The second-order valence-corrected chi connectivity index (χ2v) is 7.11. The lowest BCUT2D eigenvalue weighted by atomic mass is 10.1. The molecule has 0 atom stereocenters. The van der Waals surface area contributed by atoms with Gasteiger partial charge in [0.1, 0.15) is 11.2 Å². The van der Waals surface area contributed by atoms with Gasteiger partial charge in [-0.25, -0.2) is 9.97 Å². The summed E-state index contributed by atoms with van der Waals surface area (Å²) in [5, 5.41) is 9.47. The van der Waals surface area contributed by atoms with Crippen LogP contribution in [0.3, 0.4) is 0 Å². The number of hydrogen-bond acceptors (Lipinski definition) is 7. The third-order valence-electron chi connectivity index (χ3n) is 4.80. The zero-order chi connectivity index (χ0) is 17.6. The van der Waals surface area contributed by atoms with E-state index in [-0.39, 0.29) is 17.5 Å². The average Bonchev–Trinajstić information content (AvgIpc) is 3.27. The first kappa shape index (κ1) is 16.3. The molecule has 0 radical (unpaired) electrons. The maximum atomic E-state index is 13.4. The predicted octanol–water partition coefficient (Wildman–Crippen LogP) is 3.30. The van der Waals surface area contributed by atoms with Crippen molar-refractivity contribution in [2.75, 3.05) is 6.26 Å². The van der Waals surface area contributed by atoms with Gasteiger partial charge in [-0.3, -0.25) is 9.36 Å². The molecule has 130 valence electrons. The molecule has 1 aliphatic carbocycles. The third-order valence-corrected chi connectivity index (χ3v) is 5.36. The van der Waals surface area contributed by atoms with Gasteiger partial charge in [0.15, 0.2) is 5.16 Å². The summed E-state index contributed by atoms with van der Waals surface area (Å²) in [7, 11) is 0. The van der Waals surface area contributed by atoms with Gasteiger partial charge < -0.3 is 4.42 Å². The molecule has 7 nitrogen and oxygen atoms in total. The monoisotopic (exact) mass is 357 g/mol. The highest BCUT2D eigenvalue weighted by Gasteiger charge is 2.26. The fourth-order valence-corrected chi connectivity index (χ4v) is 3.90. The van der Waals surface area contributed by atoms with Crippen molar-refractivity contribution in [2.24, 2.45) is 0 Å². The molecule has 0 amide bonds. The Hall–Kier alpha value is -2.22. The lowest BCUT2D eigenvalue weighted by Crippen LogP contribution is -2.27. The SMILES string of the molecule is CSc1ncc2c(C)c(-c3nnc(C)o3)c(=O)n(C3CCCC3)c2n1. The molecule has 0 aliphatic heterocycles. The molecule has 1 aliphatic rings. The van der Waals surface area contributed by atoms with E-state index >= 15 is 0 Å². The predicted molar refractivity (Wildman–Crippen MR) is 95.9 cm³/mol. The third kappa shape index (κ3) is 2.64. The minimum atomic E-state index is -0.105. The van der Waals surface area contributed by atoms with Gasteiger partial charge in [-0.15, -0.1) is 10.2 Å². The Morgan fingerprint density at radius 3 is 2.64 bits per heavy atom. The minimum Gasteiger partial charge on any atom is -0.421 e. The van der Waals surface area contributed by atoms with Crippen LogP contribution in [0.15, 0.2) is 20.6 Å². The molecule has 25 heavy (non-hydrogen) atoms. The number of aromatic nitrogens is 5. The van der Waals surface area contributed by atoms with E-state index in [1.807, 2.05) is 17.7 Å². The van der Waals surface area contributed by atoms with Crippen LogP contribution in [0.1, 0.15) is 43.2 Å². The summed E-state index contributed by atoms with van der Waals surface area (Å²) in [5.74, 6) is 0.706. The number of fused-ring (bicyclic) bond motifs is 1. The average molecular weight is 357 g/mol. The Morgan fingerprint density at radius 1 is 1.24 bits per heavy atom. The Kier molecular flexibility index (Phi) is 4.07. The van der Waals surface area contributed by atoms with E-state index in [0.29, 0.717) is 22.3 Å². The number of rotatable bonds is 3. The van der Waals surface area contributed by atoms with Crippen molar-refractivity contribution in [2.45, 2.75) is 50.7 Å². The number of nitrogens with zero attached hydrogens (tertiary/aromatic N) is 5. The van der Waals surface area contributed by atoms with Gasteiger partial charge in [0.05, 0.1) is 0 Å². The highest BCUT2D eigenvalue weighted by atomic mass is 32.2. The van der Waals surface area contributed by atoms with Crippen LogP contribution in [0.4, 0.5) is 0 Å². The number of thioether (sulfide) groups is 1. The minimum absolute atomic E-state index is 0.105. The van der Waals surface area contributed by atoms with Crippen LogP contribution in [0.25, 0.3) is 22.5 Å². The van der Waals surface area contributed by atoms with Crippen LogP contribution in [0.2, 0.25) is 0 Å². The smallest absolute Gasteiger partial charge is 0.265 e. The van der Waals surface area contributed by atoms with Crippen molar-refractivity contribution in [3.63, 3.8) is 0 Å². The molecule has 4 rings (SSSR count). The Labute approximate surface area is 148 Å². The Bertz CT molecular complexity index is 1000. The van der Waals surface area contributed by atoms with Gasteiger partial charge in [-0.1, -0.05) is 24.6 Å². The van der Waals surface area contributed by atoms with Gasteiger partial charge in [0.25, 0.3) is 11.4 Å². The van der Waals surface area contributed by atoms with Gasteiger partial charge in [-0.2, -0.15) is 0 Å². The van der Waals surface area contributed by atoms with Crippen molar-refractivity contribution in [3.05, 3.63) is 28.0 Å². The summed E-state index contributed by atoms with van der Waals surface area (Å²) in [6.07, 6.45) is 7.95. The van der Waals surface area contributed by atoms with E-state index in [2.05, 4.69) is 20.2 Å². The molecule has 1 fully saturated rings. The molecular weight excluding hydrogens is 338 g/mol. The van der Waals surface area contributed by atoms with Crippen LogP contribution in [0, 0.1) is 13.8 Å². The van der Waals surface area contributed by atoms with E-state index in [9.17, 15) is 4.79 Å². The fourth-order valence-electron chi connectivity index (χ4n) is 3.57. The van der Waals surface area contributed by atoms with Crippen molar-refractivity contribution in [1.29, 1.82) is 0 Å². The van der Waals surface area contributed by atoms with Gasteiger partial charge in [0.2, 0.25) is 5.89 Å². The van der Waals surface area contributed by atoms with Crippen molar-refractivity contribution < 1.29 is 4.42 Å². The van der Waals surface area contributed by atoms with E-state index in [4.69, 9.17) is 4.42 Å². The van der Waals surface area contributed by atoms with Gasteiger partial charge in [-0.05, 0) is 31.6 Å². The maximum Gasteiger partial charge on any atom is 0.265 e. The van der Waals surface area contributed by atoms with Crippen molar-refractivity contribution in [1.82, 2.24) is 24.7 Å². The zero-order valence-electron chi connectivity index (χ0n) is 14.4. The Morgan fingerprint density at radius 2 is 2.00 bits per heavy atom. The second-order valence-electron chi connectivity index (χ2n) is 6.33. The Balaban J connectivity index is 2.08. The maximum absolute atomic E-state index is 13.4. The van der Waals surface area contributed by atoms with E-state index < -0.39 is 0 Å². The van der Waals surface area contributed by atoms with Crippen molar-refractivity contribution in [3.8, 4) is 11.5 Å². The number of hydrogen-bond donors (Lipinski definition) is 0. The molecule has 3 heterocycles. The van der Waals surface area contributed by atoms with Gasteiger partial charge in [0, 0.05) is 24.5 Å². The highest BCUT2D eigenvalue weighted by molar-refractivity contribution is 7.98.